The monoisotopic (exact) mass is 288 g/mol. The van der Waals surface area contributed by atoms with Gasteiger partial charge in [0.25, 0.3) is 5.91 Å². The van der Waals surface area contributed by atoms with E-state index in [0.717, 1.165) is 12.1 Å². The maximum atomic E-state index is 11.9. The minimum absolute atomic E-state index is 0.186. The van der Waals surface area contributed by atoms with Crippen molar-refractivity contribution in [3.05, 3.63) is 42.2 Å². The van der Waals surface area contributed by atoms with Crippen LogP contribution in [-0.2, 0) is 4.74 Å². The van der Waals surface area contributed by atoms with Gasteiger partial charge >= 0.3 is 0 Å². The minimum Gasteiger partial charge on any atom is -0.399 e. The van der Waals surface area contributed by atoms with Gasteiger partial charge in [-0.1, -0.05) is 6.07 Å². The fraction of sp³-hybridized carbons (Fsp3) is 0.333. The lowest BCUT2D eigenvalue weighted by Crippen LogP contribution is -2.25. The van der Waals surface area contributed by atoms with E-state index in [2.05, 4.69) is 10.4 Å². The van der Waals surface area contributed by atoms with E-state index in [4.69, 9.17) is 10.5 Å². The molecule has 0 atom stereocenters. The normalized spacial score (nSPS) is 10.5. The molecule has 1 aromatic carbocycles. The molecule has 0 fully saturated rings. The van der Waals surface area contributed by atoms with E-state index in [9.17, 15) is 4.79 Å². The van der Waals surface area contributed by atoms with Gasteiger partial charge in [-0.3, -0.25) is 4.79 Å². The summed E-state index contributed by atoms with van der Waals surface area (Å²) in [7, 11) is 0. The SMILES string of the molecule is CCOCCCNC(=O)c1ccn(-c2cccc(N)c2)n1. The van der Waals surface area contributed by atoms with Gasteiger partial charge in [0.2, 0.25) is 0 Å². The van der Waals surface area contributed by atoms with Gasteiger partial charge in [0.05, 0.1) is 5.69 Å². The molecule has 2 rings (SSSR count). The number of aromatic nitrogens is 2. The van der Waals surface area contributed by atoms with E-state index in [1.54, 1.807) is 29.1 Å². The van der Waals surface area contributed by atoms with Crippen LogP contribution in [0.4, 0.5) is 5.69 Å². The van der Waals surface area contributed by atoms with Crippen molar-refractivity contribution in [2.24, 2.45) is 0 Å². The second-order valence-electron chi connectivity index (χ2n) is 4.55. The van der Waals surface area contributed by atoms with Crippen molar-refractivity contribution in [1.82, 2.24) is 15.1 Å². The van der Waals surface area contributed by atoms with Gasteiger partial charge in [-0.15, -0.1) is 0 Å². The summed E-state index contributed by atoms with van der Waals surface area (Å²) in [5.74, 6) is -0.186. The third-order valence-electron chi connectivity index (χ3n) is 2.91. The lowest BCUT2D eigenvalue weighted by molar-refractivity contribution is 0.0939. The molecule has 1 amide bonds. The summed E-state index contributed by atoms with van der Waals surface area (Å²) in [6.07, 6.45) is 2.53. The van der Waals surface area contributed by atoms with Crippen LogP contribution in [0.5, 0.6) is 0 Å². The van der Waals surface area contributed by atoms with Crippen LogP contribution in [-0.4, -0.2) is 35.4 Å². The molecule has 112 valence electrons. The molecule has 0 bridgehead atoms. The van der Waals surface area contributed by atoms with E-state index in [1.807, 2.05) is 19.1 Å². The molecule has 0 spiro atoms. The second kappa shape index (κ2) is 7.44. The summed E-state index contributed by atoms with van der Waals surface area (Å²) in [6.45, 7) is 3.86. The molecule has 6 nitrogen and oxygen atoms in total. The third kappa shape index (κ3) is 4.32. The van der Waals surface area contributed by atoms with Crippen LogP contribution in [0.1, 0.15) is 23.8 Å². The Labute approximate surface area is 123 Å². The fourth-order valence-electron chi connectivity index (χ4n) is 1.87. The van der Waals surface area contributed by atoms with Gasteiger partial charge in [-0.05, 0) is 37.6 Å². The first-order valence-corrected chi connectivity index (χ1v) is 6.98. The molecule has 1 heterocycles. The molecule has 0 unspecified atom stereocenters. The standard InChI is InChI=1S/C15H20N4O2/c1-2-21-10-4-8-17-15(20)14-7-9-19(18-14)13-6-3-5-12(16)11-13/h3,5-7,9,11H,2,4,8,10,16H2,1H3,(H,17,20). The minimum atomic E-state index is -0.186. The average Bonchev–Trinajstić information content (AvgIpc) is 2.97. The zero-order chi connectivity index (χ0) is 15.1. The summed E-state index contributed by atoms with van der Waals surface area (Å²) < 4.78 is 6.84. The van der Waals surface area contributed by atoms with E-state index in [1.165, 1.54) is 0 Å². The van der Waals surface area contributed by atoms with Crippen molar-refractivity contribution in [2.75, 3.05) is 25.5 Å². The number of nitrogens with one attached hydrogen (secondary N) is 1. The highest BCUT2D eigenvalue weighted by molar-refractivity contribution is 5.92. The molecule has 0 aliphatic heterocycles. The summed E-state index contributed by atoms with van der Waals surface area (Å²) >= 11 is 0. The Balaban J connectivity index is 1.92. The van der Waals surface area contributed by atoms with E-state index < -0.39 is 0 Å². The van der Waals surface area contributed by atoms with Crippen LogP contribution in [0.15, 0.2) is 36.5 Å². The molecule has 3 N–H and O–H groups in total. The summed E-state index contributed by atoms with van der Waals surface area (Å²) in [5.41, 5.74) is 7.60. The molecule has 0 aliphatic rings. The molecule has 6 heteroatoms. The van der Waals surface area contributed by atoms with Crippen molar-refractivity contribution in [2.45, 2.75) is 13.3 Å². The number of rotatable bonds is 7. The summed E-state index contributed by atoms with van der Waals surface area (Å²) in [4.78, 5) is 11.9. The quantitative estimate of drug-likeness (QED) is 0.599. The highest BCUT2D eigenvalue weighted by Crippen LogP contribution is 2.11. The lowest BCUT2D eigenvalue weighted by Gasteiger charge is -2.04. The van der Waals surface area contributed by atoms with Gasteiger partial charge in [0, 0.05) is 31.6 Å². The number of hydrogen-bond acceptors (Lipinski definition) is 4. The molecule has 1 aromatic heterocycles. The van der Waals surface area contributed by atoms with Gasteiger partial charge in [0.15, 0.2) is 5.69 Å². The van der Waals surface area contributed by atoms with Crippen molar-refractivity contribution >= 4 is 11.6 Å². The lowest BCUT2D eigenvalue weighted by atomic mass is 10.3. The molecule has 0 radical (unpaired) electrons. The number of amides is 1. The Bertz CT molecular complexity index is 595. The number of hydrogen-bond donors (Lipinski definition) is 2. The number of ether oxygens (including phenoxy) is 1. The fourth-order valence-corrected chi connectivity index (χ4v) is 1.87. The first kappa shape index (κ1) is 15.1. The summed E-state index contributed by atoms with van der Waals surface area (Å²) in [5, 5.41) is 7.07. The molecule has 2 aromatic rings. The number of anilines is 1. The Hall–Kier alpha value is -2.34. The Kier molecular flexibility index (Phi) is 5.34. The topological polar surface area (TPSA) is 82.2 Å². The van der Waals surface area contributed by atoms with Crippen LogP contribution in [0.3, 0.4) is 0 Å². The average molecular weight is 288 g/mol. The number of carbonyl (C=O) groups is 1. The number of nitrogens with zero attached hydrogens (tertiary/aromatic N) is 2. The molecular weight excluding hydrogens is 268 g/mol. The molecule has 0 saturated carbocycles. The van der Waals surface area contributed by atoms with E-state index >= 15 is 0 Å². The van der Waals surface area contributed by atoms with Crippen LogP contribution >= 0.6 is 0 Å². The first-order valence-electron chi connectivity index (χ1n) is 6.98. The number of carbonyl (C=O) groups excluding carboxylic acids is 1. The van der Waals surface area contributed by atoms with Crippen molar-refractivity contribution in [3.63, 3.8) is 0 Å². The van der Waals surface area contributed by atoms with Crippen LogP contribution in [0, 0.1) is 0 Å². The van der Waals surface area contributed by atoms with Gasteiger partial charge in [-0.2, -0.15) is 5.10 Å². The number of benzene rings is 1. The largest absolute Gasteiger partial charge is 0.399 e. The first-order chi connectivity index (χ1) is 10.2. The maximum Gasteiger partial charge on any atom is 0.271 e. The number of nitrogen functional groups attached to an aromatic ring is 1. The third-order valence-corrected chi connectivity index (χ3v) is 2.91. The number of nitrogens with two attached hydrogens (primary N) is 1. The maximum absolute atomic E-state index is 11.9. The molecule has 0 aliphatic carbocycles. The molecular formula is C15H20N4O2. The van der Waals surface area contributed by atoms with Crippen LogP contribution in [0.25, 0.3) is 5.69 Å². The zero-order valence-electron chi connectivity index (χ0n) is 12.1. The molecule has 0 saturated heterocycles. The highest BCUT2D eigenvalue weighted by Gasteiger charge is 2.09. The Morgan fingerprint density at radius 3 is 3.05 bits per heavy atom. The van der Waals surface area contributed by atoms with Crippen LogP contribution in [0.2, 0.25) is 0 Å². The van der Waals surface area contributed by atoms with Crippen molar-refractivity contribution < 1.29 is 9.53 Å². The Morgan fingerprint density at radius 1 is 1.43 bits per heavy atom. The molecule has 21 heavy (non-hydrogen) atoms. The van der Waals surface area contributed by atoms with E-state index in [-0.39, 0.29) is 5.91 Å². The van der Waals surface area contributed by atoms with Crippen LogP contribution < -0.4 is 11.1 Å². The predicted molar refractivity (Wildman–Crippen MR) is 81.4 cm³/mol. The summed E-state index contributed by atoms with van der Waals surface area (Å²) in [6, 6.07) is 9.02. The van der Waals surface area contributed by atoms with Crippen molar-refractivity contribution in [1.29, 1.82) is 0 Å². The second-order valence-corrected chi connectivity index (χ2v) is 4.55. The van der Waals surface area contributed by atoms with Gasteiger partial charge < -0.3 is 15.8 Å². The highest BCUT2D eigenvalue weighted by atomic mass is 16.5. The predicted octanol–water partition coefficient (Wildman–Crippen LogP) is 1.61. The van der Waals surface area contributed by atoms with Gasteiger partial charge in [-0.25, -0.2) is 4.68 Å². The van der Waals surface area contributed by atoms with Crippen molar-refractivity contribution in [3.8, 4) is 5.69 Å². The Morgan fingerprint density at radius 2 is 2.29 bits per heavy atom. The smallest absolute Gasteiger partial charge is 0.271 e. The van der Waals surface area contributed by atoms with Gasteiger partial charge in [0.1, 0.15) is 0 Å². The zero-order valence-corrected chi connectivity index (χ0v) is 12.1. The van der Waals surface area contributed by atoms with E-state index in [0.29, 0.717) is 31.1 Å².